The molecule has 0 atom stereocenters. The van der Waals surface area contributed by atoms with E-state index in [1.54, 1.807) is 0 Å². The average molecular weight is 385 g/mol. The number of aryl methyl sites for hydroxylation is 1. The molecule has 0 unspecified atom stereocenters. The Morgan fingerprint density at radius 2 is 1.96 bits per heavy atom. The molecule has 0 radical (unpaired) electrons. The van der Waals surface area contributed by atoms with E-state index in [0.717, 1.165) is 54.9 Å². The van der Waals surface area contributed by atoms with Gasteiger partial charge < -0.3 is 9.51 Å². The number of nitrogens with zero attached hydrogens (tertiary/aromatic N) is 1. The van der Waals surface area contributed by atoms with Gasteiger partial charge in [-0.1, -0.05) is 11.2 Å². The smallest absolute Gasteiger partial charge is 0.360 e. The van der Waals surface area contributed by atoms with E-state index in [4.69, 9.17) is 4.52 Å². The van der Waals surface area contributed by atoms with Crippen molar-refractivity contribution in [3.8, 4) is 0 Å². The van der Waals surface area contributed by atoms with Crippen LogP contribution in [0, 0.1) is 0 Å². The summed E-state index contributed by atoms with van der Waals surface area (Å²) in [4.78, 5) is 2.43. The molecule has 26 heavy (non-hydrogen) atoms. The molecule has 0 saturated carbocycles. The third-order valence-electron chi connectivity index (χ3n) is 4.45. The molecule has 2 aromatic heterocycles. The van der Waals surface area contributed by atoms with Crippen molar-refractivity contribution in [2.45, 2.75) is 36.8 Å². The Bertz CT molecular complexity index is 1080. The second-order valence-corrected chi connectivity index (χ2v) is 7.81. The van der Waals surface area contributed by atoms with Gasteiger partial charge in [-0.3, -0.25) is 0 Å². The van der Waals surface area contributed by atoms with Gasteiger partial charge in [0.2, 0.25) is 5.88 Å². The molecule has 1 aromatic carbocycles. The molecule has 0 amide bonds. The normalized spacial score (nSPS) is 15.2. The Hall–Kier alpha value is -2.49. The van der Waals surface area contributed by atoms with Crippen LogP contribution in [-0.2, 0) is 29.0 Å². The minimum atomic E-state index is -4.50. The van der Waals surface area contributed by atoms with E-state index in [0.29, 0.717) is 6.42 Å². The van der Waals surface area contributed by atoms with Crippen LogP contribution < -0.4 is 4.72 Å². The van der Waals surface area contributed by atoms with E-state index in [9.17, 15) is 21.6 Å². The summed E-state index contributed by atoms with van der Waals surface area (Å²) in [5.41, 5.74) is 0.703. The molecular weight excluding hydrogens is 371 g/mol. The molecule has 3 aromatic rings. The molecule has 1 aliphatic rings. The summed E-state index contributed by atoms with van der Waals surface area (Å²) in [6, 6.07) is 2.87. The fraction of sp³-hybridized carbons (Fsp3) is 0.312. The minimum Gasteiger partial charge on any atom is -0.360 e. The number of halogens is 3. The quantitative estimate of drug-likeness (QED) is 0.717. The van der Waals surface area contributed by atoms with Crippen molar-refractivity contribution in [3.05, 3.63) is 41.2 Å². The number of fused-ring (bicyclic) bond motifs is 2. The lowest BCUT2D eigenvalue weighted by Crippen LogP contribution is -2.14. The summed E-state index contributed by atoms with van der Waals surface area (Å²) in [6.07, 6.45) is -0.0647. The van der Waals surface area contributed by atoms with Gasteiger partial charge in [-0.05, 0) is 37.8 Å². The molecule has 10 heteroatoms. The Balaban J connectivity index is 1.71. The molecular formula is C16H14F3N3O3S. The molecule has 0 spiro atoms. The zero-order valence-corrected chi connectivity index (χ0v) is 14.2. The van der Waals surface area contributed by atoms with E-state index >= 15 is 0 Å². The molecule has 2 N–H and O–H groups in total. The number of sulfonamides is 1. The van der Waals surface area contributed by atoms with Crippen molar-refractivity contribution in [2.24, 2.45) is 0 Å². The Morgan fingerprint density at radius 3 is 2.73 bits per heavy atom. The second-order valence-electron chi connectivity index (χ2n) is 6.16. The summed E-state index contributed by atoms with van der Waals surface area (Å²) in [7, 11) is -4.04. The van der Waals surface area contributed by atoms with E-state index in [1.807, 2.05) is 0 Å². The molecule has 6 nitrogen and oxygen atoms in total. The summed E-state index contributed by atoms with van der Waals surface area (Å²) >= 11 is 0. The Morgan fingerprint density at radius 1 is 1.19 bits per heavy atom. The van der Waals surface area contributed by atoms with Crippen LogP contribution in [0.1, 0.15) is 29.7 Å². The maximum Gasteiger partial charge on any atom is 0.416 e. The number of nitrogens with one attached hydrogen (secondary N) is 2. The lowest BCUT2D eigenvalue weighted by molar-refractivity contribution is -0.137. The van der Waals surface area contributed by atoms with Crippen LogP contribution in [-0.4, -0.2) is 18.6 Å². The van der Waals surface area contributed by atoms with Gasteiger partial charge in [0.05, 0.1) is 11.3 Å². The van der Waals surface area contributed by atoms with E-state index < -0.39 is 21.8 Å². The number of aromatic amines is 1. The first kappa shape index (κ1) is 17.0. The van der Waals surface area contributed by atoms with Crippen LogP contribution >= 0.6 is 0 Å². The molecule has 4 rings (SSSR count). The zero-order chi connectivity index (χ0) is 18.5. The highest BCUT2D eigenvalue weighted by atomic mass is 32.2. The predicted octanol–water partition coefficient (Wildman–Crippen LogP) is 3.85. The number of benzene rings is 1. The van der Waals surface area contributed by atoms with Gasteiger partial charge in [-0.25, -0.2) is 13.1 Å². The van der Waals surface area contributed by atoms with Gasteiger partial charge in [-0.2, -0.15) is 13.2 Å². The van der Waals surface area contributed by atoms with Crippen molar-refractivity contribution >= 4 is 26.8 Å². The van der Waals surface area contributed by atoms with Crippen LogP contribution in [0.2, 0.25) is 0 Å². The van der Waals surface area contributed by atoms with Gasteiger partial charge in [0.15, 0.2) is 0 Å². The highest BCUT2D eigenvalue weighted by molar-refractivity contribution is 7.93. The van der Waals surface area contributed by atoms with E-state index in [2.05, 4.69) is 14.9 Å². The number of rotatable bonds is 3. The average Bonchev–Trinajstić information content (AvgIpc) is 3.18. The molecule has 2 heterocycles. The molecule has 0 fully saturated rings. The lowest BCUT2D eigenvalue weighted by Gasteiger charge is -2.10. The van der Waals surface area contributed by atoms with Crippen LogP contribution in [0.4, 0.5) is 19.1 Å². The second kappa shape index (κ2) is 5.76. The van der Waals surface area contributed by atoms with Gasteiger partial charge in [0.25, 0.3) is 10.0 Å². The number of anilines is 1. The Labute approximate surface area is 146 Å². The van der Waals surface area contributed by atoms with Crippen molar-refractivity contribution in [1.29, 1.82) is 0 Å². The molecule has 138 valence electrons. The fourth-order valence-corrected chi connectivity index (χ4v) is 4.34. The van der Waals surface area contributed by atoms with Gasteiger partial charge in [0, 0.05) is 22.7 Å². The zero-order valence-electron chi connectivity index (χ0n) is 13.4. The number of H-pyrrole nitrogens is 1. The third kappa shape index (κ3) is 2.83. The van der Waals surface area contributed by atoms with E-state index in [-0.39, 0.29) is 21.7 Å². The first-order valence-electron chi connectivity index (χ1n) is 7.94. The summed E-state index contributed by atoms with van der Waals surface area (Å²) in [5.74, 6) is 0.0703. The molecule has 0 bridgehead atoms. The molecule has 0 saturated heterocycles. The van der Waals surface area contributed by atoms with Crippen LogP contribution in [0.3, 0.4) is 0 Å². The topological polar surface area (TPSA) is 88.0 Å². The first-order chi connectivity index (χ1) is 12.3. The Kier molecular flexibility index (Phi) is 3.76. The lowest BCUT2D eigenvalue weighted by atomic mass is 9.98. The predicted molar refractivity (Wildman–Crippen MR) is 87.3 cm³/mol. The van der Waals surface area contributed by atoms with Gasteiger partial charge >= 0.3 is 6.18 Å². The summed E-state index contributed by atoms with van der Waals surface area (Å²) < 4.78 is 71.3. The number of hydrogen-bond acceptors (Lipinski definition) is 4. The highest BCUT2D eigenvalue weighted by Crippen LogP contribution is 2.34. The molecule has 1 aliphatic carbocycles. The van der Waals surface area contributed by atoms with Gasteiger partial charge in [0.1, 0.15) is 4.90 Å². The monoisotopic (exact) mass is 385 g/mol. The van der Waals surface area contributed by atoms with Crippen LogP contribution in [0.25, 0.3) is 10.9 Å². The minimum absolute atomic E-state index is 0.0703. The van der Waals surface area contributed by atoms with Gasteiger partial charge in [-0.15, -0.1) is 0 Å². The van der Waals surface area contributed by atoms with Crippen LogP contribution in [0.15, 0.2) is 33.8 Å². The first-order valence-corrected chi connectivity index (χ1v) is 9.42. The van der Waals surface area contributed by atoms with E-state index in [1.165, 1.54) is 0 Å². The standard InChI is InChI=1S/C16H14F3N3O3S/c17-16(18,19)9-5-6-10-13(7-9)20-8-14(10)26(23,24)22-15-11-3-1-2-4-12(11)21-25-15/h5-8,20,22H,1-4H2. The van der Waals surface area contributed by atoms with Crippen LogP contribution in [0.5, 0.6) is 0 Å². The van der Waals surface area contributed by atoms with Crippen molar-refractivity contribution in [3.63, 3.8) is 0 Å². The largest absolute Gasteiger partial charge is 0.416 e. The number of hydrogen-bond donors (Lipinski definition) is 2. The molecule has 0 aliphatic heterocycles. The SMILES string of the molecule is O=S(=O)(Nc1onc2c1CCCC2)c1c[nH]c2cc(C(F)(F)F)ccc12. The highest BCUT2D eigenvalue weighted by Gasteiger charge is 2.32. The maximum absolute atomic E-state index is 12.8. The van der Waals surface area contributed by atoms with Crippen molar-refractivity contribution in [1.82, 2.24) is 10.1 Å². The van der Waals surface area contributed by atoms with Crippen molar-refractivity contribution < 1.29 is 26.1 Å². The number of alkyl halides is 3. The third-order valence-corrected chi connectivity index (χ3v) is 5.82. The fourth-order valence-electron chi connectivity index (χ4n) is 3.15. The summed E-state index contributed by atoms with van der Waals surface area (Å²) in [6.45, 7) is 0. The number of aromatic nitrogens is 2. The summed E-state index contributed by atoms with van der Waals surface area (Å²) in [5, 5.41) is 4.05. The maximum atomic E-state index is 12.8. The van der Waals surface area contributed by atoms with Crippen molar-refractivity contribution in [2.75, 3.05) is 4.72 Å².